The molecule has 1 fully saturated rings. The Morgan fingerprint density at radius 2 is 1.94 bits per heavy atom. The normalized spacial score (nSPS) is 18.0. The van der Waals surface area contributed by atoms with Gasteiger partial charge in [0.2, 0.25) is 0 Å². The SMILES string of the molecule is c1cc2cc(CN3CCCCC3)ccc2o1. The van der Waals surface area contributed by atoms with Gasteiger partial charge in [0.15, 0.2) is 0 Å². The molecule has 3 rings (SSSR count). The van der Waals surface area contributed by atoms with Gasteiger partial charge >= 0.3 is 0 Å². The highest BCUT2D eigenvalue weighted by atomic mass is 16.3. The van der Waals surface area contributed by atoms with Gasteiger partial charge in [0.25, 0.3) is 0 Å². The van der Waals surface area contributed by atoms with Gasteiger partial charge in [-0.3, -0.25) is 4.90 Å². The van der Waals surface area contributed by atoms with Crippen molar-refractivity contribution in [3.8, 4) is 0 Å². The van der Waals surface area contributed by atoms with Crippen LogP contribution in [-0.4, -0.2) is 18.0 Å². The Bertz CT molecular complexity index is 468. The molecular weight excluding hydrogens is 198 g/mol. The van der Waals surface area contributed by atoms with Crippen molar-refractivity contribution in [2.45, 2.75) is 25.8 Å². The van der Waals surface area contributed by atoms with Crippen LogP contribution in [0.5, 0.6) is 0 Å². The van der Waals surface area contributed by atoms with E-state index in [1.54, 1.807) is 6.26 Å². The number of furan rings is 1. The third kappa shape index (κ3) is 1.98. The Labute approximate surface area is 95.9 Å². The monoisotopic (exact) mass is 215 g/mol. The van der Waals surface area contributed by atoms with E-state index in [0.29, 0.717) is 0 Å². The summed E-state index contributed by atoms with van der Waals surface area (Å²) in [4.78, 5) is 2.55. The molecule has 0 aliphatic carbocycles. The highest BCUT2D eigenvalue weighted by molar-refractivity contribution is 5.77. The van der Waals surface area contributed by atoms with Crippen molar-refractivity contribution >= 4 is 11.0 Å². The second-order valence-corrected chi connectivity index (χ2v) is 4.63. The first kappa shape index (κ1) is 9.91. The molecule has 0 saturated carbocycles. The number of rotatable bonds is 2. The zero-order valence-electron chi connectivity index (χ0n) is 9.48. The van der Waals surface area contributed by atoms with E-state index in [1.807, 2.05) is 6.07 Å². The maximum absolute atomic E-state index is 5.35. The molecule has 2 aromatic rings. The van der Waals surface area contributed by atoms with E-state index in [2.05, 4.69) is 23.1 Å². The Hall–Kier alpha value is -1.28. The molecule has 2 heteroatoms. The highest BCUT2D eigenvalue weighted by Crippen LogP contribution is 2.19. The molecule has 0 N–H and O–H groups in total. The van der Waals surface area contributed by atoms with Crippen LogP contribution >= 0.6 is 0 Å². The minimum absolute atomic E-state index is 0.988. The van der Waals surface area contributed by atoms with E-state index >= 15 is 0 Å². The van der Waals surface area contributed by atoms with E-state index in [1.165, 1.54) is 43.3 Å². The molecule has 0 radical (unpaired) electrons. The van der Waals surface area contributed by atoms with Crippen LogP contribution in [-0.2, 0) is 6.54 Å². The minimum Gasteiger partial charge on any atom is -0.464 e. The van der Waals surface area contributed by atoms with E-state index in [0.717, 1.165) is 12.1 Å². The summed E-state index contributed by atoms with van der Waals surface area (Å²) in [6.45, 7) is 3.59. The zero-order chi connectivity index (χ0) is 10.8. The average Bonchev–Trinajstić information content (AvgIpc) is 2.77. The molecule has 1 aromatic heterocycles. The summed E-state index contributed by atoms with van der Waals surface area (Å²) < 4.78 is 5.35. The van der Waals surface area contributed by atoms with Gasteiger partial charge in [0, 0.05) is 11.9 Å². The van der Waals surface area contributed by atoms with Crippen LogP contribution < -0.4 is 0 Å². The predicted molar refractivity (Wildman–Crippen MR) is 65.3 cm³/mol. The summed E-state index contributed by atoms with van der Waals surface area (Å²) in [6.07, 6.45) is 5.87. The number of benzene rings is 1. The van der Waals surface area contributed by atoms with Crippen molar-refractivity contribution in [1.82, 2.24) is 4.90 Å². The summed E-state index contributed by atoms with van der Waals surface area (Å²) in [5.41, 5.74) is 2.39. The van der Waals surface area contributed by atoms with Crippen LogP contribution in [0.4, 0.5) is 0 Å². The summed E-state index contributed by atoms with van der Waals surface area (Å²) >= 11 is 0. The summed E-state index contributed by atoms with van der Waals surface area (Å²) in [5, 5.41) is 1.22. The van der Waals surface area contributed by atoms with Crippen LogP contribution in [0.25, 0.3) is 11.0 Å². The molecule has 1 aromatic carbocycles. The van der Waals surface area contributed by atoms with E-state index in [-0.39, 0.29) is 0 Å². The number of hydrogen-bond donors (Lipinski definition) is 0. The van der Waals surface area contributed by atoms with Gasteiger partial charge in [0.05, 0.1) is 6.26 Å². The van der Waals surface area contributed by atoms with Crippen molar-refractivity contribution in [3.63, 3.8) is 0 Å². The molecule has 1 aliphatic heterocycles. The summed E-state index contributed by atoms with van der Waals surface area (Å²) in [6, 6.07) is 8.54. The minimum atomic E-state index is 0.988. The maximum Gasteiger partial charge on any atom is 0.133 e. The van der Waals surface area contributed by atoms with Gasteiger partial charge in [-0.15, -0.1) is 0 Å². The van der Waals surface area contributed by atoms with Gasteiger partial charge < -0.3 is 4.42 Å². The van der Waals surface area contributed by atoms with Gasteiger partial charge in [-0.2, -0.15) is 0 Å². The number of hydrogen-bond acceptors (Lipinski definition) is 2. The number of nitrogens with zero attached hydrogens (tertiary/aromatic N) is 1. The first-order valence-electron chi connectivity index (χ1n) is 6.10. The van der Waals surface area contributed by atoms with Gasteiger partial charge in [0.1, 0.15) is 5.58 Å². The first-order valence-corrected chi connectivity index (χ1v) is 6.10. The lowest BCUT2D eigenvalue weighted by atomic mass is 10.1. The number of piperidine rings is 1. The largest absolute Gasteiger partial charge is 0.464 e. The molecule has 2 heterocycles. The molecule has 0 spiro atoms. The number of fused-ring (bicyclic) bond motifs is 1. The Morgan fingerprint density at radius 3 is 2.81 bits per heavy atom. The molecule has 0 amide bonds. The fourth-order valence-electron chi connectivity index (χ4n) is 2.49. The van der Waals surface area contributed by atoms with Crippen LogP contribution in [0.2, 0.25) is 0 Å². The van der Waals surface area contributed by atoms with Crippen molar-refractivity contribution in [2.24, 2.45) is 0 Å². The molecular formula is C14H17NO. The molecule has 84 valence electrons. The average molecular weight is 215 g/mol. The lowest BCUT2D eigenvalue weighted by Crippen LogP contribution is -2.28. The first-order chi connectivity index (χ1) is 7.92. The molecule has 1 aliphatic rings. The third-order valence-corrected chi connectivity index (χ3v) is 3.37. The van der Waals surface area contributed by atoms with E-state index in [4.69, 9.17) is 4.42 Å². The van der Waals surface area contributed by atoms with Crippen molar-refractivity contribution in [1.29, 1.82) is 0 Å². The van der Waals surface area contributed by atoms with E-state index < -0.39 is 0 Å². The number of likely N-dealkylation sites (tertiary alicyclic amines) is 1. The zero-order valence-corrected chi connectivity index (χ0v) is 9.48. The molecule has 0 bridgehead atoms. The quantitative estimate of drug-likeness (QED) is 0.763. The van der Waals surface area contributed by atoms with E-state index in [9.17, 15) is 0 Å². The third-order valence-electron chi connectivity index (χ3n) is 3.37. The lowest BCUT2D eigenvalue weighted by Gasteiger charge is -2.26. The van der Waals surface area contributed by atoms with Crippen molar-refractivity contribution in [2.75, 3.05) is 13.1 Å². The molecule has 0 unspecified atom stereocenters. The second-order valence-electron chi connectivity index (χ2n) is 4.63. The van der Waals surface area contributed by atoms with Gasteiger partial charge in [-0.25, -0.2) is 0 Å². The Kier molecular flexibility index (Phi) is 2.66. The fraction of sp³-hybridized carbons (Fsp3) is 0.429. The molecule has 0 atom stereocenters. The van der Waals surface area contributed by atoms with Crippen molar-refractivity contribution < 1.29 is 4.42 Å². The Morgan fingerprint density at radius 1 is 1.06 bits per heavy atom. The van der Waals surface area contributed by atoms with Crippen molar-refractivity contribution in [3.05, 3.63) is 36.1 Å². The highest BCUT2D eigenvalue weighted by Gasteiger charge is 2.10. The molecule has 1 saturated heterocycles. The maximum atomic E-state index is 5.35. The van der Waals surface area contributed by atoms with Crippen LogP contribution in [0.1, 0.15) is 24.8 Å². The Balaban J connectivity index is 1.77. The van der Waals surface area contributed by atoms with Gasteiger partial charge in [-0.05, 0) is 49.7 Å². The second kappa shape index (κ2) is 4.30. The standard InChI is InChI=1S/C14H17NO/c1-2-7-15(8-3-1)11-12-4-5-14-13(10-12)6-9-16-14/h4-6,9-10H,1-3,7-8,11H2. The topological polar surface area (TPSA) is 16.4 Å². The van der Waals surface area contributed by atoms with Crippen LogP contribution in [0, 0.1) is 0 Å². The predicted octanol–water partition coefficient (Wildman–Crippen LogP) is 3.42. The lowest BCUT2D eigenvalue weighted by molar-refractivity contribution is 0.221. The molecule has 16 heavy (non-hydrogen) atoms. The summed E-state index contributed by atoms with van der Waals surface area (Å²) in [7, 11) is 0. The van der Waals surface area contributed by atoms with Crippen LogP contribution in [0.3, 0.4) is 0 Å². The smallest absolute Gasteiger partial charge is 0.133 e. The van der Waals surface area contributed by atoms with Crippen LogP contribution in [0.15, 0.2) is 34.9 Å². The fourth-order valence-corrected chi connectivity index (χ4v) is 2.49. The molecule has 2 nitrogen and oxygen atoms in total. The van der Waals surface area contributed by atoms with Gasteiger partial charge in [-0.1, -0.05) is 12.5 Å². The summed E-state index contributed by atoms with van der Waals surface area (Å²) in [5.74, 6) is 0.